The van der Waals surface area contributed by atoms with Crippen LogP contribution in [0, 0.1) is 5.82 Å². The van der Waals surface area contributed by atoms with Gasteiger partial charge >= 0.3 is 0 Å². The van der Waals surface area contributed by atoms with Gasteiger partial charge in [-0.15, -0.1) is 0 Å². The van der Waals surface area contributed by atoms with Gasteiger partial charge in [0.15, 0.2) is 0 Å². The Bertz CT molecular complexity index is 470. The summed E-state index contributed by atoms with van der Waals surface area (Å²) in [4.78, 5) is 11.9. The van der Waals surface area contributed by atoms with Crippen LogP contribution in [0.1, 0.15) is 32.1 Å². The molecule has 1 saturated carbocycles. The molecule has 2 N–H and O–H groups in total. The molecule has 1 amide bonds. The van der Waals surface area contributed by atoms with Crippen molar-refractivity contribution in [1.82, 2.24) is 0 Å². The maximum absolute atomic E-state index is 13.3. The van der Waals surface area contributed by atoms with Crippen molar-refractivity contribution in [2.24, 2.45) is 0 Å². The molecule has 5 heteroatoms. The van der Waals surface area contributed by atoms with E-state index in [4.69, 9.17) is 4.74 Å². The number of ether oxygens (including phenoxy) is 1. The molecule has 0 unspecified atom stereocenters. The van der Waals surface area contributed by atoms with Crippen LogP contribution in [0.25, 0.3) is 0 Å². The van der Waals surface area contributed by atoms with Crippen LogP contribution >= 0.6 is 0 Å². The smallest absolute Gasteiger partial charge is 0.227 e. The molecule has 0 aliphatic heterocycles. The molecule has 2 rings (SSSR count). The molecule has 1 aromatic carbocycles. The maximum Gasteiger partial charge on any atom is 0.227 e. The number of methoxy groups -OCH3 is 1. The monoisotopic (exact) mass is 267 g/mol. The van der Waals surface area contributed by atoms with Gasteiger partial charge < -0.3 is 15.2 Å². The average Bonchev–Trinajstić information content (AvgIpc) is 2.74. The summed E-state index contributed by atoms with van der Waals surface area (Å²) in [6, 6.07) is 4.00. The highest BCUT2D eigenvalue weighted by Crippen LogP contribution is 2.32. The molecule has 0 aromatic heterocycles. The van der Waals surface area contributed by atoms with Crippen molar-refractivity contribution in [2.75, 3.05) is 12.4 Å². The highest BCUT2D eigenvalue weighted by molar-refractivity contribution is 5.91. The van der Waals surface area contributed by atoms with Crippen molar-refractivity contribution in [3.8, 4) is 5.75 Å². The van der Waals surface area contributed by atoms with Crippen molar-refractivity contribution in [3.63, 3.8) is 0 Å². The predicted octanol–water partition coefficient (Wildman–Crippen LogP) is 2.47. The summed E-state index contributed by atoms with van der Waals surface area (Å²) in [7, 11) is 1.43. The quantitative estimate of drug-likeness (QED) is 0.881. The molecule has 104 valence electrons. The van der Waals surface area contributed by atoms with E-state index in [1.807, 2.05) is 0 Å². The van der Waals surface area contributed by atoms with E-state index >= 15 is 0 Å². The molecule has 0 atom stereocenters. The minimum atomic E-state index is -0.901. The van der Waals surface area contributed by atoms with Gasteiger partial charge in [-0.1, -0.05) is 12.8 Å². The molecule has 1 aliphatic carbocycles. The zero-order valence-corrected chi connectivity index (χ0v) is 10.9. The lowest BCUT2D eigenvalue weighted by molar-refractivity contribution is -0.120. The minimum Gasteiger partial charge on any atom is -0.497 e. The van der Waals surface area contributed by atoms with Crippen molar-refractivity contribution < 1.29 is 19.0 Å². The van der Waals surface area contributed by atoms with Crippen molar-refractivity contribution >= 4 is 11.6 Å². The van der Waals surface area contributed by atoms with Crippen LogP contribution in [0.15, 0.2) is 18.2 Å². The number of carbonyl (C=O) groups is 1. The number of rotatable bonds is 4. The van der Waals surface area contributed by atoms with Gasteiger partial charge in [-0.2, -0.15) is 0 Å². The van der Waals surface area contributed by atoms with Crippen molar-refractivity contribution in [1.29, 1.82) is 0 Å². The topological polar surface area (TPSA) is 58.6 Å². The zero-order valence-electron chi connectivity index (χ0n) is 10.9. The molecule has 0 saturated heterocycles. The second kappa shape index (κ2) is 5.57. The van der Waals surface area contributed by atoms with E-state index in [-0.39, 0.29) is 12.3 Å². The number of hydrogen-bond acceptors (Lipinski definition) is 3. The van der Waals surface area contributed by atoms with Gasteiger partial charge in [-0.3, -0.25) is 4.79 Å². The Morgan fingerprint density at radius 3 is 2.74 bits per heavy atom. The SMILES string of the molecule is COc1cc(F)cc(NC(=O)CC2(O)CCCC2)c1. The molecular weight excluding hydrogens is 249 g/mol. The van der Waals surface area contributed by atoms with Gasteiger partial charge in [0.25, 0.3) is 0 Å². The van der Waals surface area contributed by atoms with E-state index in [9.17, 15) is 14.3 Å². The van der Waals surface area contributed by atoms with Crippen LogP contribution in [0.4, 0.5) is 10.1 Å². The molecule has 0 heterocycles. The molecule has 1 fully saturated rings. The Labute approximate surface area is 111 Å². The normalized spacial score (nSPS) is 17.2. The first-order valence-corrected chi connectivity index (χ1v) is 6.38. The molecule has 0 radical (unpaired) electrons. The molecule has 1 aromatic rings. The number of hydrogen-bond donors (Lipinski definition) is 2. The first kappa shape index (κ1) is 13.8. The van der Waals surface area contributed by atoms with Gasteiger partial charge in [0.1, 0.15) is 11.6 Å². The van der Waals surface area contributed by atoms with Crippen LogP contribution < -0.4 is 10.1 Å². The lowest BCUT2D eigenvalue weighted by Gasteiger charge is -2.21. The number of aliphatic hydroxyl groups is 1. The largest absolute Gasteiger partial charge is 0.497 e. The molecule has 0 spiro atoms. The molecule has 4 nitrogen and oxygen atoms in total. The molecule has 19 heavy (non-hydrogen) atoms. The fraction of sp³-hybridized carbons (Fsp3) is 0.500. The van der Waals surface area contributed by atoms with Gasteiger partial charge in [-0.05, 0) is 18.9 Å². The van der Waals surface area contributed by atoms with E-state index < -0.39 is 11.4 Å². The van der Waals surface area contributed by atoms with Crippen LogP contribution in [-0.4, -0.2) is 23.7 Å². The lowest BCUT2D eigenvalue weighted by atomic mass is 9.97. The van der Waals surface area contributed by atoms with E-state index in [2.05, 4.69) is 5.32 Å². The van der Waals surface area contributed by atoms with Gasteiger partial charge in [0.2, 0.25) is 5.91 Å². The standard InChI is InChI=1S/C14H18FNO3/c1-19-12-7-10(15)6-11(8-12)16-13(17)9-14(18)4-2-3-5-14/h6-8,18H,2-5,9H2,1H3,(H,16,17). The molecule has 0 bridgehead atoms. The number of anilines is 1. The number of carbonyl (C=O) groups excluding carboxylic acids is 1. The number of halogens is 1. The summed E-state index contributed by atoms with van der Waals surface area (Å²) in [5.41, 5.74) is -0.565. The molecular formula is C14H18FNO3. The fourth-order valence-electron chi connectivity index (χ4n) is 2.47. The summed E-state index contributed by atoms with van der Waals surface area (Å²) >= 11 is 0. The first-order chi connectivity index (χ1) is 9.00. The fourth-order valence-corrected chi connectivity index (χ4v) is 2.47. The van der Waals surface area contributed by atoms with E-state index in [0.717, 1.165) is 12.8 Å². The number of nitrogens with one attached hydrogen (secondary N) is 1. The maximum atomic E-state index is 13.3. The van der Waals surface area contributed by atoms with Crippen molar-refractivity contribution in [3.05, 3.63) is 24.0 Å². The Balaban J connectivity index is 2.00. The summed E-state index contributed by atoms with van der Waals surface area (Å²) in [6.07, 6.45) is 3.22. The highest BCUT2D eigenvalue weighted by Gasteiger charge is 2.33. The van der Waals surface area contributed by atoms with Crippen molar-refractivity contribution in [2.45, 2.75) is 37.7 Å². The van der Waals surface area contributed by atoms with Crippen LogP contribution in [0.2, 0.25) is 0 Å². The first-order valence-electron chi connectivity index (χ1n) is 6.38. The van der Waals surface area contributed by atoms with Gasteiger partial charge in [0, 0.05) is 17.8 Å². The van der Waals surface area contributed by atoms with E-state index in [1.54, 1.807) is 6.07 Å². The zero-order chi connectivity index (χ0) is 13.9. The van der Waals surface area contributed by atoms with Crippen LogP contribution in [0.3, 0.4) is 0 Å². The summed E-state index contributed by atoms with van der Waals surface area (Å²) < 4.78 is 18.2. The Hall–Kier alpha value is -1.62. The summed E-state index contributed by atoms with van der Waals surface area (Å²) in [5.74, 6) is -0.443. The van der Waals surface area contributed by atoms with E-state index in [1.165, 1.54) is 19.2 Å². The predicted molar refractivity (Wildman–Crippen MR) is 69.6 cm³/mol. The number of benzene rings is 1. The van der Waals surface area contributed by atoms with Gasteiger partial charge in [0.05, 0.1) is 19.1 Å². The van der Waals surface area contributed by atoms with Crippen LogP contribution in [0.5, 0.6) is 5.75 Å². The third-order valence-electron chi connectivity index (χ3n) is 3.41. The lowest BCUT2D eigenvalue weighted by Crippen LogP contribution is -2.30. The summed E-state index contributed by atoms with van der Waals surface area (Å²) in [6.45, 7) is 0. The Morgan fingerprint density at radius 1 is 1.42 bits per heavy atom. The molecule has 1 aliphatic rings. The van der Waals surface area contributed by atoms with Crippen LogP contribution in [-0.2, 0) is 4.79 Å². The summed E-state index contributed by atoms with van der Waals surface area (Å²) in [5, 5.41) is 12.7. The van der Waals surface area contributed by atoms with Gasteiger partial charge in [-0.25, -0.2) is 4.39 Å². The third kappa shape index (κ3) is 3.67. The number of amides is 1. The second-order valence-electron chi connectivity index (χ2n) is 5.04. The Morgan fingerprint density at radius 2 is 2.11 bits per heavy atom. The third-order valence-corrected chi connectivity index (χ3v) is 3.41. The minimum absolute atomic E-state index is 0.0474. The second-order valence-corrected chi connectivity index (χ2v) is 5.04. The average molecular weight is 267 g/mol. The Kier molecular flexibility index (Phi) is 4.04. The van der Waals surface area contributed by atoms with E-state index in [0.29, 0.717) is 24.3 Å². The highest BCUT2D eigenvalue weighted by atomic mass is 19.1.